The second-order valence-electron chi connectivity index (χ2n) is 3.35. The van der Waals surface area contributed by atoms with Gasteiger partial charge in [-0.3, -0.25) is 5.10 Å². The molecule has 0 aliphatic heterocycles. The number of aliphatic carboxylic acids is 1. The van der Waals surface area contributed by atoms with E-state index in [1.54, 1.807) is 12.1 Å². The van der Waals surface area contributed by atoms with Gasteiger partial charge in [-0.15, -0.1) is 5.10 Å². The van der Waals surface area contributed by atoms with Gasteiger partial charge >= 0.3 is 5.97 Å². The van der Waals surface area contributed by atoms with Crippen molar-refractivity contribution < 1.29 is 14.3 Å². The summed E-state index contributed by atoms with van der Waals surface area (Å²) in [5.74, 6) is 0.158. The smallest absolute Gasteiger partial charge is 0.342 e. The van der Waals surface area contributed by atoms with E-state index in [0.29, 0.717) is 10.9 Å². The molecule has 0 aliphatic rings. The van der Waals surface area contributed by atoms with Crippen LogP contribution in [0, 0.1) is 0 Å². The zero-order chi connectivity index (χ0) is 13.0. The van der Waals surface area contributed by atoms with E-state index < -0.39 is 5.97 Å². The van der Waals surface area contributed by atoms with Gasteiger partial charge in [0.1, 0.15) is 16.5 Å². The van der Waals surface area contributed by atoms with Crippen molar-refractivity contribution >= 4 is 23.8 Å². The Morgan fingerprint density at radius 2 is 2.50 bits per heavy atom. The second kappa shape index (κ2) is 5.54. The minimum Gasteiger partial charge on any atom is -0.477 e. The zero-order valence-corrected chi connectivity index (χ0v) is 10.4. The Kier molecular flexibility index (Phi) is 3.83. The molecule has 0 radical (unpaired) electrons. The van der Waals surface area contributed by atoms with Crippen LogP contribution < -0.4 is 0 Å². The zero-order valence-electron chi connectivity index (χ0n) is 9.58. The maximum atomic E-state index is 11.1. The van der Waals surface area contributed by atoms with Crippen LogP contribution >= 0.6 is 11.8 Å². The molecule has 94 valence electrons. The molecule has 2 rings (SSSR count). The summed E-state index contributed by atoms with van der Waals surface area (Å²) in [5.41, 5.74) is 0. The van der Waals surface area contributed by atoms with E-state index in [2.05, 4.69) is 15.2 Å². The lowest BCUT2D eigenvalue weighted by Crippen LogP contribution is -1.97. The van der Waals surface area contributed by atoms with Crippen molar-refractivity contribution in [2.24, 2.45) is 0 Å². The summed E-state index contributed by atoms with van der Waals surface area (Å²) < 4.78 is 5.08. The number of carboxylic acids is 1. The molecule has 0 aliphatic carbocycles. The Balaban J connectivity index is 2.19. The minimum absolute atomic E-state index is 0.103. The lowest BCUT2D eigenvalue weighted by atomic mass is 10.4. The molecule has 2 aromatic heterocycles. The normalized spacial score (nSPS) is 11.7. The van der Waals surface area contributed by atoms with Gasteiger partial charge in [-0.2, -0.15) is 0 Å². The predicted molar refractivity (Wildman–Crippen MR) is 65.9 cm³/mol. The van der Waals surface area contributed by atoms with Crippen LogP contribution in [0.2, 0.25) is 0 Å². The molecule has 2 heterocycles. The largest absolute Gasteiger partial charge is 0.477 e. The number of nitrogens with one attached hydrogen (secondary N) is 1. The van der Waals surface area contributed by atoms with Gasteiger partial charge in [0.15, 0.2) is 0 Å². The number of hydrogen-bond acceptors (Lipinski definition) is 5. The number of nitrogens with zero attached hydrogens (tertiary/aromatic N) is 2. The standard InChI is InChI=1S/C11H11N3O3S/c1-2-9-12-11(14-13-9)18-8(10(15)16)6-7-4-3-5-17-7/h3-6H,2H2,1H3,(H,15,16)(H,12,13,14)/b8-6+. The lowest BCUT2D eigenvalue weighted by Gasteiger charge is -1.96. The van der Waals surface area contributed by atoms with Gasteiger partial charge in [-0.1, -0.05) is 6.92 Å². The Morgan fingerprint density at radius 3 is 3.06 bits per heavy atom. The highest BCUT2D eigenvalue weighted by Gasteiger charge is 2.13. The van der Waals surface area contributed by atoms with Crippen LogP contribution in [-0.4, -0.2) is 26.3 Å². The van der Waals surface area contributed by atoms with Gasteiger partial charge in [0, 0.05) is 12.5 Å². The van der Waals surface area contributed by atoms with E-state index in [0.717, 1.165) is 24.0 Å². The third kappa shape index (κ3) is 3.01. The molecule has 7 heteroatoms. The van der Waals surface area contributed by atoms with Crippen molar-refractivity contribution in [1.82, 2.24) is 15.2 Å². The molecule has 0 atom stereocenters. The molecule has 6 nitrogen and oxygen atoms in total. The lowest BCUT2D eigenvalue weighted by molar-refractivity contribution is -0.131. The first-order chi connectivity index (χ1) is 8.69. The summed E-state index contributed by atoms with van der Waals surface area (Å²) in [5, 5.41) is 16.1. The average Bonchev–Trinajstić information content (AvgIpc) is 2.99. The van der Waals surface area contributed by atoms with Gasteiger partial charge in [0.05, 0.1) is 6.26 Å². The molecule has 0 saturated heterocycles. The first-order valence-corrected chi connectivity index (χ1v) is 6.08. The molecule has 0 saturated carbocycles. The molecule has 0 aromatic carbocycles. The molecule has 0 spiro atoms. The van der Waals surface area contributed by atoms with E-state index in [9.17, 15) is 4.79 Å². The monoisotopic (exact) mass is 265 g/mol. The van der Waals surface area contributed by atoms with Crippen molar-refractivity contribution in [2.75, 3.05) is 0 Å². The van der Waals surface area contributed by atoms with Crippen molar-refractivity contribution in [3.8, 4) is 0 Å². The SMILES string of the molecule is CCc1nc(S/C(=C/c2ccco2)C(=O)O)n[nH]1. The van der Waals surface area contributed by atoms with E-state index >= 15 is 0 Å². The van der Waals surface area contributed by atoms with Crippen LogP contribution in [0.5, 0.6) is 0 Å². The average molecular weight is 265 g/mol. The summed E-state index contributed by atoms with van der Waals surface area (Å²) in [6.07, 6.45) is 3.64. The molecule has 0 bridgehead atoms. The second-order valence-corrected chi connectivity index (χ2v) is 4.36. The van der Waals surface area contributed by atoms with Crippen LogP contribution in [-0.2, 0) is 11.2 Å². The fourth-order valence-corrected chi connectivity index (χ4v) is 1.92. The highest BCUT2D eigenvalue weighted by molar-refractivity contribution is 8.04. The minimum atomic E-state index is -1.04. The van der Waals surface area contributed by atoms with E-state index in [4.69, 9.17) is 9.52 Å². The van der Waals surface area contributed by atoms with E-state index in [-0.39, 0.29) is 4.91 Å². The molecule has 18 heavy (non-hydrogen) atoms. The Morgan fingerprint density at radius 1 is 1.67 bits per heavy atom. The maximum Gasteiger partial charge on any atom is 0.342 e. The fourth-order valence-electron chi connectivity index (χ4n) is 1.22. The summed E-state index contributed by atoms with van der Waals surface area (Å²) in [6.45, 7) is 1.94. The molecule has 0 unspecified atom stereocenters. The van der Waals surface area contributed by atoms with Gasteiger partial charge in [-0.05, 0) is 23.9 Å². The number of aromatic amines is 1. The van der Waals surface area contributed by atoms with Crippen LogP contribution in [0.1, 0.15) is 18.5 Å². The summed E-state index contributed by atoms with van der Waals surface area (Å²) in [6, 6.07) is 3.37. The molecule has 2 N–H and O–H groups in total. The number of H-pyrrole nitrogens is 1. The van der Waals surface area contributed by atoms with Crippen LogP contribution in [0.15, 0.2) is 32.9 Å². The number of rotatable bonds is 5. The predicted octanol–water partition coefficient (Wildman–Crippen LogP) is 2.18. The molecule has 0 fully saturated rings. The summed E-state index contributed by atoms with van der Waals surface area (Å²) in [4.78, 5) is 15.4. The molecular weight excluding hydrogens is 254 g/mol. The third-order valence-electron chi connectivity index (χ3n) is 2.07. The van der Waals surface area contributed by atoms with Crippen LogP contribution in [0.25, 0.3) is 6.08 Å². The number of furan rings is 1. The maximum absolute atomic E-state index is 11.1. The number of hydrogen-bond donors (Lipinski definition) is 2. The highest BCUT2D eigenvalue weighted by Crippen LogP contribution is 2.25. The van der Waals surface area contributed by atoms with Crippen LogP contribution in [0.4, 0.5) is 0 Å². The first kappa shape index (κ1) is 12.4. The highest BCUT2D eigenvalue weighted by atomic mass is 32.2. The molecular formula is C11H11N3O3S. The van der Waals surface area contributed by atoms with Crippen molar-refractivity contribution in [2.45, 2.75) is 18.5 Å². The van der Waals surface area contributed by atoms with Crippen LogP contribution in [0.3, 0.4) is 0 Å². The van der Waals surface area contributed by atoms with Crippen molar-refractivity contribution in [3.63, 3.8) is 0 Å². The van der Waals surface area contributed by atoms with Gasteiger partial charge in [0.2, 0.25) is 5.16 Å². The first-order valence-electron chi connectivity index (χ1n) is 5.26. The quantitative estimate of drug-likeness (QED) is 0.636. The Hall–Kier alpha value is -2.02. The Bertz CT molecular complexity index is 560. The number of aryl methyl sites for hydroxylation is 1. The van der Waals surface area contributed by atoms with E-state index in [1.807, 2.05) is 6.92 Å². The molecule has 2 aromatic rings. The number of thioether (sulfide) groups is 1. The van der Waals surface area contributed by atoms with Gasteiger partial charge in [-0.25, -0.2) is 9.78 Å². The van der Waals surface area contributed by atoms with Crippen molar-refractivity contribution in [1.29, 1.82) is 0 Å². The Labute approximate surface area is 107 Å². The fraction of sp³-hybridized carbons (Fsp3) is 0.182. The topological polar surface area (TPSA) is 92.0 Å². The number of carbonyl (C=O) groups is 1. The van der Waals surface area contributed by atoms with E-state index in [1.165, 1.54) is 12.3 Å². The summed E-state index contributed by atoms with van der Waals surface area (Å²) >= 11 is 0.979. The van der Waals surface area contributed by atoms with Gasteiger partial charge in [0.25, 0.3) is 0 Å². The number of carboxylic acid groups (broad SMARTS) is 1. The molecule has 0 amide bonds. The number of aromatic nitrogens is 3. The summed E-state index contributed by atoms with van der Waals surface area (Å²) in [7, 11) is 0. The van der Waals surface area contributed by atoms with Gasteiger partial charge < -0.3 is 9.52 Å². The van der Waals surface area contributed by atoms with Crippen molar-refractivity contribution in [3.05, 3.63) is 34.9 Å². The third-order valence-corrected chi connectivity index (χ3v) is 2.95.